The third-order valence-corrected chi connectivity index (χ3v) is 4.87. The van der Waals surface area contributed by atoms with Crippen molar-refractivity contribution in [1.29, 1.82) is 0 Å². The third kappa shape index (κ3) is 4.57. The predicted octanol–water partition coefficient (Wildman–Crippen LogP) is 5.38. The second kappa shape index (κ2) is 7.98. The van der Waals surface area contributed by atoms with Crippen molar-refractivity contribution >= 4 is 0 Å². The number of hydrogen-bond donors (Lipinski definition) is 0. The van der Waals surface area contributed by atoms with Crippen LogP contribution in [0, 0.1) is 5.92 Å². The van der Waals surface area contributed by atoms with Crippen molar-refractivity contribution in [2.24, 2.45) is 5.92 Å². The zero-order chi connectivity index (χ0) is 15.2. The number of hydrogen-bond acceptors (Lipinski definition) is 1. The van der Waals surface area contributed by atoms with E-state index in [4.69, 9.17) is 0 Å². The van der Waals surface area contributed by atoms with Gasteiger partial charge in [-0.15, -0.1) is 0 Å². The average molecular weight is 287 g/mol. The van der Waals surface area contributed by atoms with Gasteiger partial charge in [0.05, 0.1) is 0 Å². The lowest BCUT2D eigenvalue weighted by Gasteiger charge is -2.32. The summed E-state index contributed by atoms with van der Waals surface area (Å²) >= 11 is 0. The standard InChI is InChI=1S/C20H33N/c1-5-6-7-9-17(4)14-21-13-12-20-18(15-21)10-8-11-19(20)16(2)3/h8,10-11,16-17H,5-7,9,12-15H2,1-4H3. The minimum Gasteiger partial charge on any atom is -0.298 e. The van der Waals surface area contributed by atoms with Gasteiger partial charge in [0.1, 0.15) is 0 Å². The van der Waals surface area contributed by atoms with E-state index < -0.39 is 0 Å². The van der Waals surface area contributed by atoms with Gasteiger partial charge in [-0.05, 0) is 41.4 Å². The first-order chi connectivity index (χ1) is 10.1. The quantitative estimate of drug-likeness (QED) is 0.608. The van der Waals surface area contributed by atoms with E-state index in [1.807, 2.05) is 0 Å². The molecule has 0 spiro atoms. The van der Waals surface area contributed by atoms with Gasteiger partial charge < -0.3 is 0 Å². The first-order valence-electron chi connectivity index (χ1n) is 8.94. The second-order valence-corrected chi connectivity index (χ2v) is 7.23. The van der Waals surface area contributed by atoms with Crippen molar-refractivity contribution in [2.75, 3.05) is 13.1 Å². The fraction of sp³-hybridized carbons (Fsp3) is 0.700. The van der Waals surface area contributed by atoms with Crippen LogP contribution in [-0.2, 0) is 13.0 Å². The van der Waals surface area contributed by atoms with Crippen LogP contribution in [-0.4, -0.2) is 18.0 Å². The van der Waals surface area contributed by atoms with E-state index in [0.717, 1.165) is 12.5 Å². The van der Waals surface area contributed by atoms with Crippen molar-refractivity contribution in [2.45, 2.75) is 72.3 Å². The van der Waals surface area contributed by atoms with E-state index in [1.165, 1.54) is 45.2 Å². The molecule has 0 fully saturated rings. The second-order valence-electron chi connectivity index (χ2n) is 7.23. The maximum absolute atomic E-state index is 2.67. The Morgan fingerprint density at radius 2 is 1.95 bits per heavy atom. The van der Waals surface area contributed by atoms with Crippen molar-refractivity contribution in [3.8, 4) is 0 Å². The molecule has 118 valence electrons. The Bertz CT molecular complexity index is 435. The lowest BCUT2D eigenvalue weighted by atomic mass is 9.88. The monoisotopic (exact) mass is 287 g/mol. The van der Waals surface area contributed by atoms with E-state index in [0.29, 0.717) is 5.92 Å². The molecule has 0 N–H and O–H groups in total. The lowest BCUT2D eigenvalue weighted by molar-refractivity contribution is 0.213. The number of benzene rings is 1. The van der Waals surface area contributed by atoms with Crippen LogP contribution in [0.25, 0.3) is 0 Å². The molecule has 0 bridgehead atoms. The molecule has 1 aromatic rings. The summed E-state index contributed by atoms with van der Waals surface area (Å²) in [5.74, 6) is 1.49. The molecule has 0 aliphatic carbocycles. The summed E-state index contributed by atoms with van der Waals surface area (Å²) in [4.78, 5) is 2.67. The van der Waals surface area contributed by atoms with E-state index in [9.17, 15) is 0 Å². The van der Waals surface area contributed by atoms with Crippen molar-refractivity contribution < 1.29 is 0 Å². The summed E-state index contributed by atoms with van der Waals surface area (Å²) in [6.45, 7) is 13.0. The Morgan fingerprint density at radius 1 is 1.14 bits per heavy atom. The minimum atomic E-state index is 0.652. The SMILES string of the molecule is CCCCCC(C)CN1CCc2c(cccc2C(C)C)C1. The molecule has 1 unspecified atom stereocenters. The van der Waals surface area contributed by atoms with Crippen molar-refractivity contribution in [3.05, 3.63) is 34.9 Å². The maximum atomic E-state index is 2.67. The maximum Gasteiger partial charge on any atom is 0.0236 e. The highest BCUT2D eigenvalue weighted by atomic mass is 15.1. The van der Waals surface area contributed by atoms with Gasteiger partial charge in [-0.2, -0.15) is 0 Å². The van der Waals surface area contributed by atoms with Crippen LogP contribution in [0.2, 0.25) is 0 Å². The Labute approximate surface area is 131 Å². The predicted molar refractivity (Wildman–Crippen MR) is 92.8 cm³/mol. The highest BCUT2D eigenvalue weighted by Gasteiger charge is 2.20. The van der Waals surface area contributed by atoms with Crippen molar-refractivity contribution in [3.63, 3.8) is 0 Å². The number of rotatable bonds is 7. The van der Waals surface area contributed by atoms with Crippen LogP contribution in [0.4, 0.5) is 0 Å². The van der Waals surface area contributed by atoms with Crippen LogP contribution in [0.15, 0.2) is 18.2 Å². The van der Waals surface area contributed by atoms with E-state index >= 15 is 0 Å². The highest BCUT2D eigenvalue weighted by molar-refractivity contribution is 5.38. The van der Waals surface area contributed by atoms with Crippen LogP contribution in [0.1, 0.15) is 76.0 Å². The lowest BCUT2D eigenvalue weighted by Crippen LogP contribution is -2.34. The fourth-order valence-corrected chi connectivity index (χ4v) is 3.67. The van der Waals surface area contributed by atoms with Gasteiger partial charge in [0.2, 0.25) is 0 Å². The smallest absolute Gasteiger partial charge is 0.0236 e. The molecule has 21 heavy (non-hydrogen) atoms. The number of fused-ring (bicyclic) bond motifs is 1. The van der Waals surface area contributed by atoms with Gasteiger partial charge in [-0.25, -0.2) is 0 Å². The van der Waals surface area contributed by atoms with Gasteiger partial charge >= 0.3 is 0 Å². The molecular weight excluding hydrogens is 254 g/mol. The Kier molecular flexibility index (Phi) is 6.29. The molecule has 1 aromatic carbocycles. The summed E-state index contributed by atoms with van der Waals surface area (Å²) in [5, 5.41) is 0. The molecule has 1 heteroatoms. The molecular formula is C20H33N. The zero-order valence-corrected chi connectivity index (χ0v) is 14.5. The Morgan fingerprint density at radius 3 is 2.67 bits per heavy atom. The summed E-state index contributed by atoms with van der Waals surface area (Å²) in [7, 11) is 0. The molecule has 1 aliphatic rings. The number of unbranched alkanes of at least 4 members (excludes halogenated alkanes) is 2. The largest absolute Gasteiger partial charge is 0.298 e. The first kappa shape index (κ1) is 16.5. The van der Waals surface area contributed by atoms with Gasteiger partial charge in [0.15, 0.2) is 0 Å². The molecule has 1 nitrogen and oxygen atoms in total. The van der Waals surface area contributed by atoms with E-state index in [1.54, 1.807) is 16.7 Å². The van der Waals surface area contributed by atoms with Crippen molar-refractivity contribution in [1.82, 2.24) is 4.90 Å². The highest BCUT2D eigenvalue weighted by Crippen LogP contribution is 2.28. The summed E-state index contributed by atoms with van der Waals surface area (Å²) in [6.07, 6.45) is 6.76. The topological polar surface area (TPSA) is 3.24 Å². The number of nitrogens with zero attached hydrogens (tertiary/aromatic N) is 1. The molecule has 0 saturated heterocycles. The molecule has 1 atom stereocenters. The average Bonchev–Trinajstić information content (AvgIpc) is 2.46. The van der Waals surface area contributed by atoms with Gasteiger partial charge in [-0.3, -0.25) is 4.90 Å². The summed E-state index contributed by atoms with van der Waals surface area (Å²) in [5.41, 5.74) is 4.79. The zero-order valence-electron chi connectivity index (χ0n) is 14.5. The molecule has 0 saturated carbocycles. The molecule has 1 aliphatic heterocycles. The molecule has 0 amide bonds. The van der Waals surface area contributed by atoms with Crippen LogP contribution in [0.5, 0.6) is 0 Å². The van der Waals surface area contributed by atoms with E-state index in [2.05, 4.69) is 50.8 Å². The fourth-order valence-electron chi connectivity index (χ4n) is 3.67. The first-order valence-corrected chi connectivity index (χ1v) is 8.94. The molecule has 0 aromatic heterocycles. The normalized spacial score (nSPS) is 17.0. The molecule has 0 radical (unpaired) electrons. The van der Waals surface area contributed by atoms with Crippen LogP contribution in [0.3, 0.4) is 0 Å². The summed E-state index contributed by atoms with van der Waals surface area (Å²) < 4.78 is 0. The molecule has 2 rings (SSSR count). The van der Waals surface area contributed by atoms with Gasteiger partial charge in [-0.1, -0.05) is 65.2 Å². The molecule has 1 heterocycles. The summed E-state index contributed by atoms with van der Waals surface area (Å²) in [6, 6.07) is 6.92. The minimum absolute atomic E-state index is 0.652. The van der Waals surface area contributed by atoms with Gasteiger partial charge in [0, 0.05) is 19.6 Å². The van der Waals surface area contributed by atoms with E-state index in [-0.39, 0.29) is 0 Å². The van der Waals surface area contributed by atoms with Crippen LogP contribution < -0.4 is 0 Å². The Balaban J connectivity index is 1.92. The van der Waals surface area contributed by atoms with Crippen LogP contribution >= 0.6 is 0 Å². The van der Waals surface area contributed by atoms with Gasteiger partial charge in [0.25, 0.3) is 0 Å². The Hall–Kier alpha value is -0.820. The third-order valence-electron chi connectivity index (χ3n) is 4.87.